The van der Waals surface area contributed by atoms with Gasteiger partial charge in [0.25, 0.3) is 15.9 Å². The van der Waals surface area contributed by atoms with Crippen molar-refractivity contribution in [2.24, 2.45) is 11.3 Å². The number of sulfonamides is 1. The van der Waals surface area contributed by atoms with Crippen LogP contribution < -0.4 is 14.4 Å². The number of carbonyl (C=O) groups is 1. The van der Waals surface area contributed by atoms with E-state index in [2.05, 4.69) is 30.4 Å². The van der Waals surface area contributed by atoms with Gasteiger partial charge in [0.1, 0.15) is 17.4 Å². The van der Waals surface area contributed by atoms with Crippen LogP contribution in [0.4, 0.5) is 10.2 Å². The summed E-state index contributed by atoms with van der Waals surface area (Å²) in [5.41, 5.74) is 1.81. The van der Waals surface area contributed by atoms with E-state index >= 15 is 0 Å². The Kier molecular flexibility index (Phi) is 9.07. The molecule has 1 saturated heterocycles. The first-order chi connectivity index (χ1) is 19.3. The van der Waals surface area contributed by atoms with Gasteiger partial charge in [0.05, 0.1) is 22.8 Å². The predicted octanol–water partition coefficient (Wildman–Crippen LogP) is 6.75. The highest BCUT2D eigenvalue weighted by molar-refractivity contribution is 7.90. The number of benzene rings is 2. The molecule has 0 aliphatic carbocycles. The van der Waals surface area contributed by atoms with Gasteiger partial charge in [-0.05, 0) is 79.5 Å². The molecule has 1 aliphatic rings. The molecule has 41 heavy (non-hydrogen) atoms. The van der Waals surface area contributed by atoms with E-state index in [1.807, 2.05) is 13.8 Å². The van der Waals surface area contributed by atoms with E-state index < -0.39 is 21.7 Å². The fourth-order valence-corrected chi connectivity index (χ4v) is 6.22. The molecule has 0 bridgehead atoms. The fourth-order valence-electron chi connectivity index (χ4n) is 5.15. The Balaban J connectivity index is 1.78. The van der Waals surface area contributed by atoms with E-state index in [-0.39, 0.29) is 27.8 Å². The van der Waals surface area contributed by atoms with Gasteiger partial charge in [0.15, 0.2) is 0 Å². The van der Waals surface area contributed by atoms with Crippen molar-refractivity contribution in [1.82, 2.24) is 9.71 Å². The number of aryl methyl sites for hydroxylation is 1. The van der Waals surface area contributed by atoms with Gasteiger partial charge in [-0.3, -0.25) is 4.79 Å². The maximum Gasteiger partial charge on any atom is 0.268 e. The van der Waals surface area contributed by atoms with E-state index in [0.29, 0.717) is 36.0 Å². The van der Waals surface area contributed by atoms with Crippen LogP contribution in [0.3, 0.4) is 0 Å². The molecule has 220 valence electrons. The number of carbonyl (C=O) groups excluding carboxylic acids is 1. The number of amides is 1. The number of halogens is 1. The standard InChI is InChI=1S/C32H40FN3O4S/c1-7-32(5,6)29-12-9-15-36(29)30-27(31(37)35-41(38,39)26-11-8-10-22(4)16-26)13-14-28(34-30)23-17-24(33)19-25(18-23)40-20-21(2)3/h8,10-11,13-14,16-19,21,29H,7,9,12,15,20H2,1-6H3,(H,35,37). The molecule has 0 radical (unpaired) electrons. The first-order valence-electron chi connectivity index (χ1n) is 14.2. The number of nitrogens with one attached hydrogen (secondary N) is 1. The first kappa shape index (κ1) is 30.5. The summed E-state index contributed by atoms with van der Waals surface area (Å²) in [6.45, 7) is 13.4. The van der Waals surface area contributed by atoms with Crippen LogP contribution in [0.1, 0.15) is 69.8 Å². The van der Waals surface area contributed by atoms with Gasteiger partial charge in [-0.25, -0.2) is 22.5 Å². The van der Waals surface area contributed by atoms with Gasteiger partial charge in [0.2, 0.25) is 0 Å². The zero-order valence-corrected chi connectivity index (χ0v) is 25.5. The van der Waals surface area contributed by atoms with Crippen molar-refractivity contribution in [3.8, 4) is 17.0 Å². The van der Waals surface area contributed by atoms with Gasteiger partial charge in [0, 0.05) is 24.2 Å². The monoisotopic (exact) mass is 581 g/mol. The second kappa shape index (κ2) is 12.2. The number of hydrogen-bond donors (Lipinski definition) is 1. The Morgan fingerprint density at radius 2 is 1.93 bits per heavy atom. The number of rotatable bonds is 10. The molecular formula is C32H40FN3O4S. The van der Waals surface area contributed by atoms with Gasteiger partial charge in [-0.1, -0.05) is 46.8 Å². The fraction of sp³-hybridized carbons (Fsp3) is 0.438. The molecule has 2 heterocycles. The Bertz CT molecular complexity index is 1520. The second-order valence-electron chi connectivity index (χ2n) is 11.9. The third-order valence-electron chi connectivity index (χ3n) is 7.74. The molecule has 9 heteroatoms. The highest BCUT2D eigenvalue weighted by Crippen LogP contribution is 2.40. The van der Waals surface area contributed by atoms with Crippen LogP contribution in [-0.4, -0.2) is 38.5 Å². The summed E-state index contributed by atoms with van der Waals surface area (Å²) in [5.74, 6) is -0.163. The molecule has 7 nitrogen and oxygen atoms in total. The predicted molar refractivity (Wildman–Crippen MR) is 160 cm³/mol. The molecule has 4 rings (SSSR count). The SMILES string of the molecule is CCC(C)(C)C1CCCN1c1nc(-c2cc(F)cc(OCC(C)C)c2)ccc1C(=O)NS(=O)(=O)c1cccc(C)c1. The topological polar surface area (TPSA) is 88.6 Å². The van der Waals surface area contributed by atoms with Crippen molar-refractivity contribution < 1.29 is 22.3 Å². The van der Waals surface area contributed by atoms with Crippen LogP contribution in [0, 0.1) is 24.1 Å². The molecule has 0 saturated carbocycles. The molecule has 1 unspecified atom stereocenters. The molecule has 1 aromatic heterocycles. The number of aromatic nitrogens is 1. The van der Waals surface area contributed by atoms with Gasteiger partial charge < -0.3 is 9.64 Å². The summed E-state index contributed by atoms with van der Waals surface area (Å²) >= 11 is 0. The van der Waals surface area contributed by atoms with E-state index in [4.69, 9.17) is 9.72 Å². The number of nitrogens with zero attached hydrogens (tertiary/aromatic N) is 2. The lowest BCUT2D eigenvalue weighted by molar-refractivity contribution is 0.0981. The molecule has 1 fully saturated rings. The summed E-state index contributed by atoms with van der Waals surface area (Å²) < 4.78 is 48.9. The summed E-state index contributed by atoms with van der Waals surface area (Å²) in [6, 6.07) is 14.1. The number of hydrogen-bond acceptors (Lipinski definition) is 6. The number of pyridine rings is 1. The molecule has 3 aromatic rings. The van der Waals surface area contributed by atoms with Gasteiger partial charge in [-0.15, -0.1) is 0 Å². The van der Waals surface area contributed by atoms with Crippen molar-refractivity contribution in [1.29, 1.82) is 0 Å². The lowest BCUT2D eigenvalue weighted by Crippen LogP contribution is -2.42. The molecule has 0 spiro atoms. The average Bonchev–Trinajstić information content (AvgIpc) is 3.42. The maximum absolute atomic E-state index is 14.6. The molecular weight excluding hydrogens is 541 g/mol. The van der Waals surface area contributed by atoms with Crippen molar-refractivity contribution in [2.75, 3.05) is 18.1 Å². The zero-order valence-electron chi connectivity index (χ0n) is 24.7. The van der Waals surface area contributed by atoms with Crippen LogP contribution in [-0.2, 0) is 10.0 Å². The minimum absolute atomic E-state index is 0.0110. The highest BCUT2D eigenvalue weighted by Gasteiger charge is 2.38. The third-order valence-corrected chi connectivity index (χ3v) is 9.06. The first-order valence-corrected chi connectivity index (χ1v) is 15.6. The van der Waals surface area contributed by atoms with Crippen LogP contribution in [0.2, 0.25) is 0 Å². The summed E-state index contributed by atoms with van der Waals surface area (Å²) in [4.78, 5) is 20.6. The highest BCUT2D eigenvalue weighted by atomic mass is 32.2. The zero-order chi connectivity index (χ0) is 29.9. The number of ether oxygens (including phenoxy) is 1. The average molecular weight is 582 g/mol. The molecule has 1 atom stereocenters. The Labute approximate surface area is 243 Å². The van der Waals surface area contributed by atoms with Crippen molar-refractivity contribution in [3.05, 3.63) is 71.5 Å². The summed E-state index contributed by atoms with van der Waals surface area (Å²) in [7, 11) is -4.12. The lowest BCUT2D eigenvalue weighted by Gasteiger charge is -2.38. The Morgan fingerprint density at radius 1 is 1.17 bits per heavy atom. The minimum atomic E-state index is -4.12. The van der Waals surface area contributed by atoms with Gasteiger partial charge in [-0.2, -0.15) is 0 Å². The normalized spacial score (nSPS) is 15.8. The van der Waals surface area contributed by atoms with Crippen LogP contribution in [0.5, 0.6) is 5.75 Å². The third kappa shape index (κ3) is 7.07. The van der Waals surface area contributed by atoms with Gasteiger partial charge >= 0.3 is 0 Å². The molecule has 1 aliphatic heterocycles. The van der Waals surface area contributed by atoms with E-state index in [0.717, 1.165) is 24.8 Å². The van der Waals surface area contributed by atoms with E-state index in [1.165, 1.54) is 24.3 Å². The molecule has 1 amide bonds. The van der Waals surface area contributed by atoms with E-state index in [9.17, 15) is 17.6 Å². The van der Waals surface area contributed by atoms with Crippen LogP contribution >= 0.6 is 0 Å². The number of anilines is 1. The molecule has 2 aromatic carbocycles. The Hall–Kier alpha value is -3.46. The van der Waals surface area contributed by atoms with E-state index in [1.54, 1.807) is 37.3 Å². The van der Waals surface area contributed by atoms with Crippen molar-refractivity contribution in [3.63, 3.8) is 0 Å². The summed E-state index contributed by atoms with van der Waals surface area (Å²) in [5, 5.41) is 0. The smallest absolute Gasteiger partial charge is 0.268 e. The maximum atomic E-state index is 14.6. The lowest BCUT2D eigenvalue weighted by atomic mass is 9.80. The molecule has 1 N–H and O–H groups in total. The second-order valence-corrected chi connectivity index (χ2v) is 13.6. The minimum Gasteiger partial charge on any atom is -0.493 e. The van der Waals surface area contributed by atoms with Crippen molar-refractivity contribution >= 4 is 21.7 Å². The van der Waals surface area contributed by atoms with Crippen LogP contribution in [0.15, 0.2) is 59.5 Å². The quantitative estimate of drug-likeness (QED) is 0.285. The van der Waals surface area contributed by atoms with Crippen LogP contribution in [0.25, 0.3) is 11.3 Å². The summed E-state index contributed by atoms with van der Waals surface area (Å²) in [6.07, 6.45) is 2.75. The largest absolute Gasteiger partial charge is 0.493 e. The Morgan fingerprint density at radius 3 is 2.61 bits per heavy atom. The van der Waals surface area contributed by atoms with Crippen molar-refractivity contribution in [2.45, 2.75) is 71.7 Å².